The highest BCUT2D eigenvalue weighted by molar-refractivity contribution is 6.30. The van der Waals surface area contributed by atoms with E-state index in [4.69, 9.17) is 16.0 Å². The molecule has 1 aromatic carbocycles. The number of hydrogen-bond donors (Lipinski definition) is 2. The van der Waals surface area contributed by atoms with E-state index in [1.165, 1.54) is 6.26 Å². The number of carbonyl (C=O) groups is 1. The number of amides is 2. The standard InChI is InChI=1S/C13H13ClN2O2/c14-11-5-3-10(4-6-11)7-8-15-13(17)16-12-2-1-9-18-12/h1-6,9H,7-8H2,(H2,15,16,17). The van der Waals surface area contributed by atoms with Crippen molar-refractivity contribution in [1.29, 1.82) is 0 Å². The van der Waals surface area contributed by atoms with Crippen LogP contribution >= 0.6 is 11.6 Å². The van der Waals surface area contributed by atoms with Crippen molar-refractivity contribution in [3.8, 4) is 0 Å². The van der Waals surface area contributed by atoms with Gasteiger partial charge in [-0.1, -0.05) is 23.7 Å². The van der Waals surface area contributed by atoms with Gasteiger partial charge in [-0.2, -0.15) is 0 Å². The minimum atomic E-state index is -0.279. The average molecular weight is 265 g/mol. The van der Waals surface area contributed by atoms with Gasteiger partial charge in [-0.25, -0.2) is 4.79 Å². The molecule has 0 atom stereocenters. The molecule has 2 amide bonds. The second kappa shape index (κ2) is 6.12. The zero-order valence-electron chi connectivity index (χ0n) is 9.65. The van der Waals surface area contributed by atoms with Crippen molar-refractivity contribution >= 4 is 23.5 Å². The van der Waals surface area contributed by atoms with Crippen LogP contribution in [0.15, 0.2) is 47.1 Å². The second-order valence-electron chi connectivity index (χ2n) is 3.73. The largest absolute Gasteiger partial charge is 0.449 e. The smallest absolute Gasteiger partial charge is 0.321 e. The molecule has 0 aliphatic carbocycles. The van der Waals surface area contributed by atoms with Crippen molar-refractivity contribution in [2.24, 2.45) is 0 Å². The maximum atomic E-state index is 11.5. The van der Waals surface area contributed by atoms with Crippen molar-refractivity contribution in [3.05, 3.63) is 53.2 Å². The molecule has 94 valence electrons. The molecule has 5 heteroatoms. The lowest BCUT2D eigenvalue weighted by Crippen LogP contribution is -2.30. The fourth-order valence-electron chi connectivity index (χ4n) is 1.48. The first-order valence-electron chi connectivity index (χ1n) is 5.57. The number of furan rings is 1. The van der Waals surface area contributed by atoms with E-state index >= 15 is 0 Å². The molecule has 0 aliphatic heterocycles. The van der Waals surface area contributed by atoms with Crippen LogP contribution in [0.5, 0.6) is 0 Å². The molecule has 0 saturated carbocycles. The topological polar surface area (TPSA) is 54.3 Å². The Kier molecular flexibility index (Phi) is 4.25. The summed E-state index contributed by atoms with van der Waals surface area (Å²) in [5.74, 6) is 0.430. The molecule has 0 spiro atoms. The number of carbonyl (C=O) groups excluding carboxylic acids is 1. The van der Waals surface area contributed by atoms with E-state index in [1.807, 2.05) is 24.3 Å². The summed E-state index contributed by atoms with van der Waals surface area (Å²) in [5, 5.41) is 6.03. The van der Waals surface area contributed by atoms with E-state index in [0.717, 1.165) is 12.0 Å². The summed E-state index contributed by atoms with van der Waals surface area (Å²) in [6.07, 6.45) is 2.26. The van der Waals surface area contributed by atoms with Crippen LogP contribution in [-0.2, 0) is 6.42 Å². The fraction of sp³-hybridized carbons (Fsp3) is 0.154. The van der Waals surface area contributed by atoms with Crippen molar-refractivity contribution in [2.45, 2.75) is 6.42 Å². The third kappa shape index (κ3) is 3.82. The van der Waals surface area contributed by atoms with Crippen molar-refractivity contribution in [3.63, 3.8) is 0 Å². The van der Waals surface area contributed by atoms with E-state index < -0.39 is 0 Å². The van der Waals surface area contributed by atoms with Crippen LogP contribution in [0, 0.1) is 0 Å². The van der Waals surface area contributed by atoms with Crippen LogP contribution in [0.4, 0.5) is 10.7 Å². The Labute approximate surface area is 110 Å². The molecule has 1 heterocycles. The summed E-state index contributed by atoms with van der Waals surface area (Å²) in [6.45, 7) is 0.550. The van der Waals surface area contributed by atoms with Crippen LogP contribution in [0.3, 0.4) is 0 Å². The van der Waals surface area contributed by atoms with Crippen molar-refractivity contribution in [1.82, 2.24) is 5.32 Å². The molecule has 1 aromatic heterocycles. The molecular weight excluding hydrogens is 252 g/mol. The first-order chi connectivity index (χ1) is 8.74. The number of benzene rings is 1. The number of halogens is 1. The highest BCUT2D eigenvalue weighted by Gasteiger charge is 2.02. The maximum Gasteiger partial charge on any atom is 0.321 e. The van der Waals surface area contributed by atoms with Gasteiger partial charge in [0.25, 0.3) is 0 Å². The molecule has 0 aliphatic rings. The summed E-state index contributed by atoms with van der Waals surface area (Å²) >= 11 is 5.79. The van der Waals surface area contributed by atoms with E-state index in [9.17, 15) is 4.79 Å². The fourth-order valence-corrected chi connectivity index (χ4v) is 1.60. The predicted octanol–water partition coefficient (Wildman–Crippen LogP) is 3.30. The van der Waals surface area contributed by atoms with Crippen LogP contribution in [0.2, 0.25) is 5.02 Å². The predicted molar refractivity (Wildman–Crippen MR) is 70.9 cm³/mol. The van der Waals surface area contributed by atoms with E-state index in [2.05, 4.69) is 10.6 Å². The number of nitrogens with one attached hydrogen (secondary N) is 2. The molecule has 2 aromatic rings. The van der Waals surface area contributed by atoms with Crippen LogP contribution in [0.25, 0.3) is 0 Å². The monoisotopic (exact) mass is 264 g/mol. The Morgan fingerprint density at radius 2 is 2.00 bits per heavy atom. The average Bonchev–Trinajstić information content (AvgIpc) is 2.84. The van der Waals surface area contributed by atoms with Gasteiger partial charge in [0.1, 0.15) is 0 Å². The van der Waals surface area contributed by atoms with Gasteiger partial charge in [0.05, 0.1) is 6.26 Å². The number of hydrogen-bond acceptors (Lipinski definition) is 2. The van der Waals surface area contributed by atoms with Crippen LogP contribution in [-0.4, -0.2) is 12.6 Å². The normalized spacial score (nSPS) is 10.1. The van der Waals surface area contributed by atoms with E-state index in [-0.39, 0.29) is 6.03 Å². The van der Waals surface area contributed by atoms with Crippen molar-refractivity contribution in [2.75, 3.05) is 11.9 Å². The zero-order chi connectivity index (χ0) is 12.8. The molecule has 4 nitrogen and oxygen atoms in total. The summed E-state index contributed by atoms with van der Waals surface area (Å²) in [4.78, 5) is 11.5. The van der Waals surface area contributed by atoms with Gasteiger partial charge in [0, 0.05) is 17.6 Å². The summed E-state index contributed by atoms with van der Waals surface area (Å²) in [6, 6.07) is 10.7. The van der Waals surface area contributed by atoms with Crippen LogP contribution in [0.1, 0.15) is 5.56 Å². The second-order valence-corrected chi connectivity index (χ2v) is 4.17. The molecule has 0 radical (unpaired) electrons. The van der Waals surface area contributed by atoms with E-state index in [1.54, 1.807) is 12.1 Å². The molecule has 0 unspecified atom stereocenters. The molecular formula is C13H13ClN2O2. The SMILES string of the molecule is O=C(NCCc1ccc(Cl)cc1)Nc1ccco1. The van der Waals surface area contributed by atoms with Gasteiger partial charge < -0.3 is 9.73 Å². The molecule has 2 N–H and O–H groups in total. The van der Waals surface area contributed by atoms with Gasteiger partial charge >= 0.3 is 6.03 Å². The Bertz CT molecular complexity index is 494. The highest BCUT2D eigenvalue weighted by atomic mass is 35.5. The number of anilines is 1. The summed E-state index contributed by atoms with van der Waals surface area (Å²) in [5.41, 5.74) is 1.12. The first kappa shape index (κ1) is 12.5. The Hall–Kier alpha value is -1.94. The van der Waals surface area contributed by atoms with Gasteiger partial charge in [0.15, 0.2) is 0 Å². The molecule has 2 rings (SSSR count). The van der Waals surface area contributed by atoms with Gasteiger partial charge in [-0.05, 0) is 30.2 Å². The number of rotatable bonds is 4. The molecule has 0 fully saturated rings. The summed E-state index contributed by atoms with van der Waals surface area (Å²) in [7, 11) is 0. The Morgan fingerprint density at radius 3 is 2.67 bits per heavy atom. The van der Waals surface area contributed by atoms with E-state index in [0.29, 0.717) is 17.5 Å². The lowest BCUT2D eigenvalue weighted by atomic mass is 10.1. The zero-order valence-corrected chi connectivity index (χ0v) is 10.4. The Morgan fingerprint density at radius 1 is 1.22 bits per heavy atom. The lowest BCUT2D eigenvalue weighted by Gasteiger charge is -2.05. The lowest BCUT2D eigenvalue weighted by molar-refractivity contribution is 0.251. The molecule has 0 bridgehead atoms. The van der Waals surface area contributed by atoms with Gasteiger partial charge in [0.2, 0.25) is 5.88 Å². The minimum Gasteiger partial charge on any atom is -0.449 e. The van der Waals surface area contributed by atoms with Crippen molar-refractivity contribution < 1.29 is 9.21 Å². The van der Waals surface area contributed by atoms with Gasteiger partial charge in [-0.15, -0.1) is 0 Å². The Balaban J connectivity index is 1.72. The summed E-state index contributed by atoms with van der Waals surface area (Å²) < 4.78 is 5.00. The maximum absolute atomic E-state index is 11.5. The van der Waals surface area contributed by atoms with Gasteiger partial charge in [-0.3, -0.25) is 5.32 Å². The first-order valence-corrected chi connectivity index (χ1v) is 5.94. The third-order valence-corrected chi connectivity index (χ3v) is 2.62. The third-order valence-electron chi connectivity index (χ3n) is 2.37. The minimum absolute atomic E-state index is 0.279. The highest BCUT2D eigenvalue weighted by Crippen LogP contribution is 2.09. The quantitative estimate of drug-likeness (QED) is 0.890. The van der Waals surface area contributed by atoms with Crippen LogP contribution < -0.4 is 10.6 Å². The molecule has 18 heavy (non-hydrogen) atoms. The molecule has 0 saturated heterocycles. The number of urea groups is 1.